The number of rotatable bonds is 1. The van der Waals surface area contributed by atoms with Crippen LogP contribution in [0.5, 0.6) is 0 Å². The van der Waals surface area contributed by atoms with Gasteiger partial charge in [-0.25, -0.2) is 0 Å². The van der Waals surface area contributed by atoms with E-state index in [9.17, 15) is 4.79 Å². The molecule has 112 valence electrons. The summed E-state index contributed by atoms with van der Waals surface area (Å²) in [5.74, 6) is 0.0425. The molecule has 0 unspecified atom stereocenters. The highest BCUT2D eigenvalue weighted by Gasteiger charge is 2.29. The molecule has 2 nitrogen and oxygen atoms in total. The van der Waals surface area contributed by atoms with Gasteiger partial charge in [-0.05, 0) is 59.7 Å². The van der Waals surface area contributed by atoms with Crippen molar-refractivity contribution in [1.29, 1.82) is 0 Å². The Labute approximate surface area is 139 Å². The Morgan fingerprint density at radius 2 is 1.77 bits per heavy atom. The van der Waals surface area contributed by atoms with Crippen LogP contribution >= 0.6 is 23.2 Å². The lowest BCUT2D eigenvalue weighted by atomic mass is 9.83. The number of carbonyl (C=O) groups excluding carboxylic acids is 1. The summed E-state index contributed by atoms with van der Waals surface area (Å²) < 4.78 is 0. The number of hydrogen-bond donors (Lipinski definition) is 1. The molecule has 0 fully saturated rings. The second kappa shape index (κ2) is 5.29. The molecule has 1 atom stereocenters. The van der Waals surface area contributed by atoms with Crippen molar-refractivity contribution in [2.24, 2.45) is 0 Å². The molecular formula is C18H15Cl2NO. The monoisotopic (exact) mass is 331 g/mol. The lowest BCUT2D eigenvalue weighted by Crippen LogP contribution is -2.24. The average molecular weight is 332 g/mol. The van der Waals surface area contributed by atoms with Crippen LogP contribution in [-0.4, -0.2) is 5.91 Å². The minimum atomic E-state index is -0.000540. The first kappa shape index (κ1) is 14.1. The smallest absolute Gasteiger partial charge is 0.225 e. The maximum atomic E-state index is 12.1. The predicted molar refractivity (Wildman–Crippen MR) is 90.0 cm³/mol. The van der Waals surface area contributed by atoms with Gasteiger partial charge < -0.3 is 5.32 Å². The quantitative estimate of drug-likeness (QED) is 0.786. The third kappa shape index (κ3) is 2.31. The van der Waals surface area contributed by atoms with Gasteiger partial charge in [0.05, 0.1) is 0 Å². The Balaban J connectivity index is 1.86. The summed E-state index contributed by atoms with van der Waals surface area (Å²) in [7, 11) is 0. The topological polar surface area (TPSA) is 29.1 Å². The normalized spacial score (nSPS) is 19.5. The third-order valence-electron chi connectivity index (χ3n) is 4.64. The number of halogens is 2. The van der Waals surface area contributed by atoms with E-state index in [0.29, 0.717) is 16.5 Å². The zero-order chi connectivity index (χ0) is 15.3. The molecule has 0 saturated heterocycles. The van der Waals surface area contributed by atoms with E-state index in [-0.39, 0.29) is 11.8 Å². The highest BCUT2D eigenvalue weighted by molar-refractivity contribution is 6.35. The maximum Gasteiger partial charge on any atom is 0.225 e. The first-order valence-corrected chi connectivity index (χ1v) is 8.28. The van der Waals surface area contributed by atoms with Crippen molar-refractivity contribution in [2.45, 2.75) is 31.6 Å². The minimum absolute atomic E-state index is 0.000540. The van der Waals surface area contributed by atoms with Gasteiger partial charge in [0.2, 0.25) is 5.91 Å². The van der Waals surface area contributed by atoms with Crippen LogP contribution < -0.4 is 5.32 Å². The Hall–Kier alpha value is -1.51. The fourth-order valence-corrected chi connectivity index (χ4v) is 4.14. The number of benzene rings is 2. The predicted octanol–water partition coefficient (Wildman–Crippen LogP) is 4.96. The summed E-state index contributed by atoms with van der Waals surface area (Å²) in [4.78, 5) is 12.1. The van der Waals surface area contributed by atoms with Crippen molar-refractivity contribution >= 4 is 34.8 Å². The van der Waals surface area contributed by atoms with Gasteiger partial charge in [-0.1, -0.05) is 35.3 Å². The number of carbonyl (C=O) groups is 1. The van der Waals surface area contributed by atoms with Crippen molar-refractivity contribution in [3.8, 4) is 0 Å². The molecule has 2 aromatic rings. The molecule has 1 amide bonds. The van der Waals surface area contributed by atoms with Crippen molar-refractivity contribution in [2.75, 3.05) is 5.32 Å². The highest BCUT2D eigenvalue weighted by Crippen LogP contribution is 2.42. The van der Waals surface area contributed by atoms with Crippen LogP contribution in [-0.2, 0) is 17.6 Å². The van der Waals surface area contributed by atoms with Crippen molar-refractivity contribution in [3.63, 3.8) is 0 Å². The van der Waals surface area contributed by atoms with Crippen LogP contribution in [0, 0.1) is 0 Å². The Bertz CT molecular complexity index is 785. The van der Waals surface area contributed by atoms with E-state index in [2.05, 4.69) is 17.4 Å². The van der Waals surface area contributed by atoms with E-state index >= 15 is 0 Å². The van der Waals surface area contributed by atoms with Gasteiger partial charge in [0.1, 0.15) is 0 Å². The van der Waals surface area contributed by atoms with Crippen LogP contribution in [0.15, 0.2) is 30.3 Å². The molecule has 1 heterocycles. The molecule has 0 spiro atoms. The van der Waals surface area contributed by atoms with Crippen LogP contribution in [0.1, 0.15) is 41.0 Å². The molecule has 1 N–H and O–H groups in total. The first-order chi connectivity index (χ1) is 10.6. The molecule has 2 aliphatic rings. The van der Waals surface area contributed by atoms with E-state index in [1.165, 1.54) is 23.1 Å². The lowest BCUT2D eigenvalue weighted by molar-refractivity contribution is -0.116. The number of aryl methyl sites for hydroxylation is 2. The standard InChI is InChI=1S/C18H15Cl2NO/c19-12-4-5-13(16(20)8-12)14-9-18(22)21-17-7-11-3-1-2-10(11)6-15(14)17/h4-8,14H,1-3,9H2,(H,21,22)/t14-/m1/s1. The minimum Gasteiger partial charge on any atom is -0.326 e. The second-order valence-electron chi connectivity index (χ2n) is 6.03. The summed E-state index contributed by atoms with van der Waals surface area (Å²) in [6, 6.07) is 9.92. The Kier molecular flexibility index (Phi) is 3.39. The summed E-state index contributed by atoms with van der Waals surface area (Å²) in [6.07, 6.45) is 3.84. The molecule has 4 heteroatoms. The Morgan fingerprint density at radius 1 is 1.00 bits per heavy atom. The van der Waals surface area contributed by atoms with Crippen LogP contribution in [0.25, 0.3) is 0 Å². The number of hydrogen-bond acceptors (Lipinski definition) is 1. The highest BCUT2D eigenvalue weighted by atomic mass is 35.5. The number of anilines is 1. The zero-order valence-electron chi connectivity index (χ0n) is 12.0. The number of nitrogens with one attached hydrogen (secondary N) is 1. The molecule has 22 heavy (non-hydrogen) atoms. The maximum absolute atomic E-state index is 12.1. The van der Waals surface area contributed by atoms with E-state index < -0.39 is 0 Å². The molecule has 4 rings (SSSR count). The van der Waals surface area contributed by atoms with Gasteiger partial charge in [0.15, 0.2) is 0 Å². The molecule has 0 radical (unpaired) electrons. The van der Waals surface area contributed by atoms with Crippen molar-refractivity contribution in [3.05, 3.63) is 62.6 Å². The molecule has 0 saturated carbocycles. The summed E-state index contributed by atoms with van der Waals surface area (Å²) >= 11 is 12.4. The largest absolute Gasteiger partial charge is 0.326 e. The average Bonchev–Trinajstić information content (AvgIpc) is 2.91. The van der Waals surface area contributed by atoms with Gasteiger partial charge in [-0.3, -0.25) is 4.79 Å². The SMILES string of the molecule is O=C1C[C@H](c2ccc(Cl)cc2Cl)c2cc3c(cc2N1)CCC3. The van der Waals surface area contributed by atoms with E-state index in [1.807, 2.05) is 12.1 Å². The van der Waals surface area contributed by atoms with Crippen LogP contribution in [0.4, 0.5) is 5.69 Å². The fourth-order valence-electron chi connectivity index (χ4n) is 3.60. The van der Waals surface area contributed by atoms with Gasteiger partial charge in [0, 0.05) is 28.1 Å². The van der Waals surface area contributed by atoms with Gasteiger partial charge in [-0.15, -0.1) is 0 Å². The Morgan fingerprint density at radius 3 is 2.55 bits per heavy atom. The molecule has 2 aromatic carbocycles. The van der Waals surface area contributed by atoms with Crippen LogP contribution in [0.3, 0.4) is 0 Å². The van der Waals surface area contributed by atoms with E-state index in [0.717, 1.165) is 24.1 Å². The summed E-state index contributed by atoms with van der Waals surface area (Å²) in [6.45, 7) is 0. The van der Waals surface area contributed by atoms with Gasteiger partial charge in [-0.2, -0.15) is 0 Å². The molecular weight excluding hydrogens is 317 g/mol. The van der Waals surface area contributed by atoms with Crippen molar-refractivity contribution < 1.29 is 4.79 Å². The zero-order valence-corrected chi connectivity index (χ0v) is 13.5. The summed E-state index contributed by atoms with van der Waals surface area (Å²) in [5.41, 5.74) is 5.85. The molecule has 0 aromatic heterocycles. The second-order valence-corrected chi connectivity index (χ2v) is 6.88. The molecule has 0 bridgehead atoms. The van der Waals surface area contributed by atoms with Crippen molar-refractivity contribution in [1.82, 2.24) is 0 Å². The van der Waals surface area contributed by atoms with E-state index in [1.54, 1.807) is 6.07 Å². The third-order valence-corrected chi connectivity index (χ3v) is 5.20. The summed E-state index contributed by atoms with van der Waals surface area (Å²) in [5, 5.41) is 4.25. The lowest BCUT2D eigenvalue weighted by Gasteiger charge is -2.27. The first-order valence-electron chi connectivity index (χ1n) is 7.52. The number of amides is 1. The van der Waals surface area contributed by atoms with E-state index in [4.69, 9.17) is 23.2 Å². The van der Waals surface area contributed by atoms with Gasteiger partial charge >= 0.3 is 0 Å². The number of fused-ring (bicyclic) bond motifs is 2. The molecule has 1 aliphatic carbocycles. The van der Waals surface area contributed by atoms with Crippen LogP contribution in [0.2, 0.25) is 10.0 Å². The molecule has 1 aliphatic heterocycles. The fraction of sp³-hybridized carbons (Fsp3) is 0.278. The van der Waals surface area contributed by atoms with Gasteiger partial charge in [0.25, 0.3) is 0 Å².